The van der Waals surface area contributed by atoms with Gasteiger partial charge in [0.25, 0.3) is 5.69 Å². The predicted molar refractivity (Wildman–Crippen MR) is 106 cm³/mol. The standard InChI is InChI=1S/C18H15N3O7S/c1-19(2)15-7-3-6-14-13(15)5-4-8-18(14)29(26,27)28-17-10-9-12(20(22)23)11-16(17)21(24)25/h3-11H,1-2H3. The van der Waals surface area contributed by atoms with E-state index in [1.165, 1.54) is 12.1 Å². The fourth-order valence-corrected chi connectivity index (χ4v) is 4.03. The third-order valence-corrected chi connectivity index (χ3v) is 5.45. The lowest BCUT2D eigenvalue weighted by molar-refractivity contribution is -0.394. The van der Waals surface area contributed by atoms with Gasteiger partial charge in [-0.2, -0.15) is 8.42 Å². The molecule has 0 saturated heterocycles. The second kappa shape index (κ2) is 7.36. The number of benzene rings is 3. The summed E-state index contributed by atoms with van der Waals surface area (Å²) in [4.78, 5) is 22.0. The first-order valence-corrected chi connectivity index (χ1v) is 9.59. The van der Waals surface area contributed by atoms with Crippen molar-refractivity contribution in [2.75, 3.05) is 19.0 Å². The first kappa shape index (κ1) is 20.0. The molecule has 3 rings (SSSR count). The van der Waals surface area contributed by atoms with Gasteiger partial charge in [-0.3, -0.25) is 20.2 Å². The van der Waals surface area contributed by atoms with E-state index in [1.54, 1.807) is 18.2 Å². The van der Waals surface area contributed by atoms with Gasteiger partial charge in [0.15, 0.2) is 0 Å². The summed E-state index contributed by atoms with van der Waals surface area (Å²) in [5, 5.41) is 23.1. The summed E-state index contributed by atoms with van der Waals surface area (Å²) in [6.45, 7) is 0. The van der Waals surface area contributed by atoms with E-state index in [-0.39, 0.29) is 4.90 Å². The van der Waals surface area contributed by atoms with Crippen molar-refractivity contribution < 1.29 is 22.4 Å². The van der Waals surface area contributed by atoms with E-state index in [9.17, 15) is 28.6 Å². The molecule has 0 fully saturated rings. The SMILES string of the molecule is CN(C)c1cccc2c(S(=O)(=O)Oc3ccc([N+](=O)[O-])cc3[N+](=O)[O-])cccc12. The van der Waals surface area contributed by atoms with Crippen LogP contribution in [0.1, 0.15) is 0 Å². The van der Waals surface area contributed by atoms with Crippen LogP contribution in [0.4, 0.5) is 17.1 Å². The lowest BCUT2D eigenvalue weighted by Gasteiger charge is -2.17. The van der Waals surface area contributed by atoms with Crippen molar-refractivity contribution in [3.63, 3.8) is 0 Å². The van der Waals surface area contributed by atoms with Crippen LogP contribution in [0.2, 0.25) is 0 Å². The molecule has 0 N–H and O–H groups in total. The third kappa shape index (κ3) is 3.80. The van der Waals surface area contributed by atoms with Crippen LogP contribution in [0.3, 0.4) is 0 Å². The highest BCUT2D eigenvalue weighted by Crippen LogP contribution is 2.35. The van der Waals surface area contributed by atoms with Gasteiger partial charge < -0.3 is 9.08 Å². The normalized spacial score (nSPS) is 11.2. The highest BCUT2D eigenvalue weighted by molar-refractivity contribution is 7.87. The van der Waals surface area contributed by atoms with E-state index in [4.69, 9.17) is 4.18 Å². The smallest absolute Gasteiger partial charge is 0.340 e. The molecule has 10 nitrogen and oxygen atoms in total. The van der Waals surface area contributed by atoms with Gasteiger partial charge in [0, 0.05) is 36.6 Å². The molecule has 150 valence electrons. The largest absolute Gasteiger partial charge is 0.377 e. The monoisotopic (exact) mass is 417 g/mol. The van der Waals surface area contributed by atoms with Crippen molar-refractivity contribution in [3.05, 3.63) is 74.8 Å². The number of rotatable bonds is 6. The molecule has 0 aromatic heterocycles. The van der Waals surface area contributed by atoms with E-state index >= 15 is 0 Å². The minimum Gasteiger partial charge on any atom is -0.377 e. The molecule has 0 radical (unpaired) electrons. The molecule has 0 atom stereocenters. The highest BCUT2D eigenvalue weighted by Gasteiger charge is 2.27. The molecule has 0 spiro atoms. The van der Waals surface area contributed by atoms with Gasteiger partial charge in [0.05, 0.1) is 15.9 Å². The minimum atomic E-state index is -4.46. The van der Waals surface area contributed by atoms with Gasteiger partial charge in [-0.25, -0.2) is 0 Å². The van der Waals surface area contributed by atoms with Crippen molar-refractivity contribution in [1.82, 2.24) is 0 Å². The zero-order valence-electron chi connectivity index (χ0n) is 15.3. The molecule has 0 saturated carbocycles. The van der Waals surface area contributed by atoms with Gasteiger partial charge in [-0.05, 0) is 18.2 Å². The molecule has 0 heterocycles. The van der Waals surface area contributed by atoms with E-state index in [0.29, 0.717) is 16.8 Å². The Kier molecular flexibility index (Phi) is 5.08. The first-order valence-electron chi connectivity index (χ1n) is 8.18. The Hall–Kier alpha value is -3.73. The van der Waals surface area contributed by atoms with Crippen LogP contribution in [-0.4, -0.2) is 32.4 Å². The highest BCUT2D eigenvalue weighted by atomic mass is 32.2. The summed E-state index contributed by atoms with van der Waals surface area (Å²) in [6, 6.07) is 12.2. The average Bonchev–Trinajstić information content (AvgIpc) is 2.66. The number of nitrogens with zero attached hydrogens (tertiary/aromatic N) is 3. The molecule has 3 aromatic carbocycles. The molecule has 0 aliphatic heterocycles. The number of hydrogen-bond donors (Lipinski definition) is 0. The minimum absolute atomic E-state index is 0.175. The van der Waals surface area contributed by atoms with Crippen molar-refractivity contribution in [1.29, 1.82) is 0 Å². The summed E-state index contributed by atoms with van der Waals surface area (Å²) in [5.41, 5.74) is -0.597. The van der Waals surface area contributed by atoms with Crippen LogP contribution < -0.4 is 9.08 Å². The Balaban J connectivity index is 2.13. The molecule has 3 aromatic rings. The van der Waals surface area contributed by atoms with Gasteiger partial charge in [-0.1, -0.05) is 24.3 Å². The van der Waals surface area contributed by atoms with Crippen LogP contribution in [0.25, 0.3) is 10.8 Å². The van der Waals surface area contributed by atoms with E-state index in [1.807, 2.05) is 25.1 Å². The molecule has 0 aliphatic rings. The zero-order valence-corrected chi connectivity index (χ0v) is 16.1. The summed E-state index contributed by atoms with van der Waals surface area (Å²) >= 11 is 0. The van der Waals surface area contributed by atoms with Gasteiger partial charge in [0.1, 0.15) is 4.90 Å². The van der Waals surface area contributed by atoms with Gasteiger partial charge in [0.2, 0.25) is 5.75 Å². The summed E-state index contributed by atoms with van der Waals surface area (Å²) in [5.74, 6) is -0.610. The Morgan fingerprint density at radius 2 is 1.55 bits per heavy atom. The molecule has 0 bridgehead atoms. The molecule has 11 heteroatoms. The molecule has 29 heavy (non-hydrogen) atoms. The van der Waals surface area contributed by atoms with Crippen LogP contribution in [0.5, 0.6) is 5.75 Å². The van der Waals surface area contributed by atoms with Gasteiger partial charge in [-0.15, -0.1) is 0 Å². The van der Waals surface area contributed by atoms with Crippen molar-refractivity contribution >= 4 is 38.0 Å². The first-order chi connectivity index (χ1) is 13.6. The fraction of sp³-hybridized carbons (Fsp3) is 0.111. The Labute approximate surface area is 165 Å². The zero-order chi connectivity index (χ0) is 21.3. The van der Waals surface area contributed by atoms with Crippen LogP contribution in [0.15, 0.2) is 59.5 Å². The van der Waals surface area contributed by atoms with Crippen molar-refractivity contribution in [2.24, 2.45) is 0 Å². The number of anilines is 1. The maximum absolute atomic E-state index is 12.9. The quantitative estimate of drug-likeness (QED) is 0.338. The van der Waals surface area contributed by atoms with E-state index < -0.39 is 37.1 Å². The van der Waals surface area contributed by atoms with Crippen LogP contribution >= 0.6 is 0 Å². The van der Waals surface area contributed by atoms with Gasteiger partial charge >= 0.3 is 15.8 Å². The Morgan fingerprint density at radius 3 is 2.17 bits per heavy atom. The molecule has 0 amide bonds. The number of hydrogen-bond acceptors (Lipinski definition) is 8. The molecule has 0 aliphatic carbocycles. The number of non-ortho nitro benzene ring substituents is 1. The number of fused-ring (bicyclic) bond motifs is 1. The lowest BCUT2D eigenvalue weighted by Crippen LogP contribution is -2.13. The maximum atomic E-state index is 12.9. The second-order valence-corrected chi connectivity index (χ2v) is 7.74. The molecular formula is C18H15N3O7S. The third-order valence-electron chi connectivity index (χ3n) is 4.16. The lowest BCUT2D eigenvalue weighted by atomic mass is 10.1. The second-order valence-electron chi connectivity index (χ2n) is 6.23. The Bertz CT molecular complexity index is 1240. The van der Waals surface area contributed by atoms with E-state index in [0.717, 1.165) is 17.8 Å². The van der Waals surface area contributed by atoms with Crippen molar-refractivity contribution in [3.8, 4) is 5.75 Å². The summed E-state index contributed by atoms with van der Waals surface area (Å²) in [6.07, 6.45) is 0. The summed E-state index contributed by atoms with van der Waals surface area (Å²) < 4.78 is 30.8. The summed E-state index contributed by atoms with van der Waals surface area (Å²) in [7, 11) is -0.840. The van der Waals surface area contributed by atoms with Crippen molar-refractivity contribution in [2.45, 2.75) is 4.90 Å². The maximum Gasteiger partial charge on any atom is 0.340 e. The fourth-order valence-electron chi connectivity index (χ4n) is 2.87. The van der Waals surface area contributed by atoms with Crippen LogP contribution in [-0.2, 0) is 10.1 Å². The molecular weight excluding hydrogens is 402 g/mol. The number of nitro groups is 2. The molecule has 0 unspecified atom stereocenters. The van der Waals surface area contributed by atoms with Crippen LogP contribution in [0, 0.1) is 20.2 Å². The van der Waals surface area contributed by atoms with E-state index in [2.05, 4.69) is 0 Å². The average molecular weight is 417 g/mol. The predicted octanol–water partition coefficient (Wildman–Crippen LogP) is 3.49. The Morgan fingerprint density at radius 1 is 0.897 bits per heavy atom. The topological polar surface area (TPSA) is 133 Å². The number of nitro benzene ring substituents is 2.